The van der Waals surface area contributed by atoms with Crippen LogP contribution in [-0.4, -0.2) is 16.5 Å². The van der Waals surface area contributed by atoms with Crippen LogP contribution in [0.1, 0.15) is 11.3 Å². The monoisotopic (exact) mass is 225 g/mol. The summed E-state index contributed by atoms with van der Waals surface area (Å²) in [7, 11) is 0. The first kappa shape index (κ1) is 11.5. The topological polar surface area (TPSA) is 42.4 Å². The van der Waals surface area contributed by atoms with Crippen molar-refractivity contribution in [3.8, 4) is 11.5 Å². The van der Waals surface area contributed by atoms with E-state index < -0.39 is 30.1 Å². The lowest BCUT2D eigenvalue weighted by molar-refractivity contribution is -0.275. The van der Waals surface area contributed by atoms with Gasteiger partial charge in [0, 0.05) is 11.8 Å². The lowest BCUT2D eigenvalue weighted by Crippen LogP contribution is -2.18. The Morgan fingerprint density at radius 2 is 2.07 bits per heavy atom. The van der Waals surface area contributed by atoms with Crippen molar-refractivity contribution in [1.29, 1.82) is 0 Å². The molecular weight excluding hydrogens is 218 g/mol. The zero-order valence-corrected chi connectivity index (χ0v) is 7.60. The zero-order chi connectivity index (χ0) is 11.6. The molecule has 0 radical (unpaired) electrons. The van der Waals surface area contributed by atoms with Gasteiger partial charge in [0.15, 0.2) is 11.5 Å². The number of rotatable bonds is 2. The number of hydrogen-bond donors (Lipinski definition) is 1. The van der Waals surface area contributed by atoms with Crippen molar-refractivity contribution in [2.24, 2.45) is 0 Å². The molecule has 3 nitrogen and oxygen atoms in total. The molecule has 0 saturated carbocycles. The van der Waals surface area contributed by atoms with Gasteiger partial charge in [0.25, 0.3) is 0 Å². The van der Waals surface area contributed by atoms with E-state index in [0.29, 0.717) is 0 Å². The molecule has 7 heteroatoms. The van der Waals surface area contributed by atoms with E-state index >= 15 is 0 Å². The van der Waals surface area contributed by atoms with Crippen LogP contribution < -0.4 is 4.74 Å². The minimum Gasteiger partial charge on any atom is -0.503 e. The lowest BCUT2D eigenvalue weighted by atomic mass is 10.2. The van der Waals surface area contributed by atoms with Gasteiger partial charge in [-0.05, 0) is 6.92 Å². The highest BCUT2D eigenvalue weighted by molar-refractivity contribution is 5.46. The molecular formula is C8H7F4NO2. The first-order valence-corrected chi connectivity index (χ1v) is 3.84. The Morgan fingerprint density at radius 1 is 1.47 bits per heavy atom. The molecule has 1 aromatic rings. The van der Waals surface area contributed by atoms with Crippen molar-refractivity contribution >= 4 is 0 Å². The Morgan fingerprint density at radius 3 is 2.53 bits per heavy atom. The zero-order valence-electron chi connectivity index (χ0n) is 7.60. The Bertz CT molecular complexity index is 364. The molecule has 84 valence electrons. The van der Waals surface area contributed by atoms with Crippen LogP contribution in [0.3, 0.4) is 0 Å². The van der Waals surface area contributed by atoms with Crippen molar-refractivity contribution in [2.75, 3.05) is 0 Å². The quantitative estimate of drug-likeness (QED) is 0.786. The SMILES string of the molecule is Cc1ncc(CF)c(OC(F)(F)F)c1O. The van der Waals surface area contributed by atoms with Crippen molar-refractivity contribution < 1.29 is 27.4 Å². The van der Waals surface area contributed by atoms with E-state index in [1.165, 1.54) is 6.92 Å². The second kappa shape index (κ2) is 3.92. The van der Waals surface area contributed by atoms with Crippen LogP contribution in [0.15, 0.2) is 6.20 Å². The molecule has 0 saturated heterocycles. The third-order valence-electron chi connectivity index (χ3n) is 1.63. The van der Waals surface area contributed by atoms with Crippen LogP contribution in [0.5, 0.6) is 11.5 Å². The van der Waals surface area contributed by atoms with E-state index in [-0.39, 0.29) is 5.69 Å². The summed E-state index contributed by atoms with van der Waals surface area (Å²) >= 11 is 0. The van der Waals surface area contributed by atoms with Gasteiger partial charge < -0.3 is 9.84 Å². The summed E-state index contributed by atoms with van der Waals surface area (Å²) in [5, 5.41) is 9.22. The van der Waals surface area contributed by atoms with Crippen LogP contribution in [0.25, 0.3) is 0 Å². The highest BCUT2D eigenvalue weighted by Gasteiger charge is 2.34. The van der Waals surface area contributed by atoms with E-state index in [1.807, 2.05) is 0 Å². The fourth-order valence-corrected chi connectivity index (χ4v) is 0.936. The average Bonchev–Trinajstić information content (AvgIpc) is 2.11. The summed E-state index contributed by atoms with van der Waals surface area (Å²) in [5.41, 5.74) is -0.512. The van der Waals surface area contributed by atoms with Gasteiger partial charge in [0.2, 0.25) is 0 Å². The predicted molar refractivity (Wildman–Crippen MR) is 42.1 cm³/mol. The van der Waals surface area contributed by atoms with Gasteiger partial charge in [-0.3, -0.25) is 4.98 Å². The predicted octanol–water partition coefficient (Wildman–Crippen LogP) is 2.46. The molecule has 0 aliphatic rings. The smallest absolute Gasteiger partial charge is 0.503 e. The van der Waals surface area contributed by atoms with Gasteiger partial charge in [-0.15, -0.1) is 13.2 Å². The molecule has 0 bridgehead atoms. The maximum atomic E-state index is 12.3. The van der Waals surface area contributed by atoms with Crippen LogP contribution in [-0.2, 0) is 6.67 Å². The second-order valence-electron chi connectivity index (χ2n) is 2.73. The fourth-order valence-electron chi connectivity index (χ4n) is 0.936. The van der Waals surface area contributed by atoms with Gasteiger partial charge in [0.1, 0.15) is 6.67 Å². The number of nitrogens with zero attached hydrogens (tertiary/aromatic N) is 1. The van der Waals surface area contributed by atoms with Gasteiger partial charge in [-0.1, -0.05) is 0 Å². The average molecular weight is 225 g/mol. The highest BCUT2D eigenvalue weighted by Crippen LogP contribution is 2.36. The summed E-state index contributed by atoms with van der Waals surface area (Å²) in [6.07, 6.45) is -4.09. The maximum absolute atomic E-state index is 12.3. The normalized spacial score (nSPS) is 11.5. The fraction of sp³-hybridized carbons (Fsp3) is 0.375. The first-order chi connectivity index (χ1) is 6.85. The number of aromatic nitrogens is 1. The molecule has 0 amide bonds. The minimum atomic E-state index is -4.98. The molecule has 1 aromatic heterocycles. The summed E-state index contributed by atoms with van der Waals surface area (Å²) in [5.74, 6) is -1.74. The molecule has 1 N–H and O–H groups in total. The minimum absolute atomic E-state index is 0.0635. The Balaban J connectivity index is 3.18. The summed E-state index contributed by atoms with van der Waals surface area (Å²) in [4.78, 5) is 3.50. The van der Waals surface area contributed by atoms with E-state index in [1.54, 1.807) is 0 Å². The van der Waals surface area contributed by atoms with Crippen molar-refractivity contribution in [3.63, 3.8) is 0 Å². The van der Waals surface area contributed by atoms with Crippen molar-refractivity contribution in [2.45, 2.75) is 20.0 Å². The van der Waals surface area contributed by atoms with Gasteiger partial charge in [-0.2, -0.15) is 0 Å². The van der Waals surface area contributed by atoms with Gasteiger partial charge in [0.05, 0.1) is 5.69 Å². The number of pyridine rings is 1. The van der Waals surface area contributed by atoms with Crippen molar-refractivity contribution in [1.82, 2.24) is 4.98 Å². The maximum Gasteiger partial charge on any atom is 0.573 e. The molecule has 0 atom stereocenters. The van der Waals surface area contributed by atoms with Crippen LogP contribution >= 0.6 is 0 Å². The molecule has 1 rings (SSSR count). The van der Waals surface area contributed by atoms with Crippen LogP contribution in [0, 0.1) is 6.92 Å². The molecule has 1 heterocycles. The van der Waals surface area contributed by atoms with Crippen LogP contribution in [0.2, 0.25) is 0 Å². The summed E-state index contributed by atoms with van der Waals surface area (Å²) < 4.78 is 51.5. The van der Waals surface area contributed by atoms with E-state index in [9.17, 15) is 22.7 Å². The number of aromatic hydroxyl groups is 1. The first-order valence-electron chi connectivity index (χ1n) is 3.84. The molecule has 0 aliphatic carbocycles. The molecule has 0 spiro atoms. The number of aryl methyl sites for hydroxylation is 1. The van der Waals surface area contributed by atoms with Crippen LogP contribution in [0.4, 0.5) is 17.6 Å². The third-order valence-corrected chi connectivity index (χ3v) is 1.63. The second-order valence-corrected chi connectivity index (χ2v) is 2.73. The molecule has 0 unspecified atom stereocenters. The molecule has 0 fully saturated rings. The molecule has 15 heavy (non-hydrogen) atoms. The third kappa shape index (κ3) is 2.71. The number of alkyl halides is 4. The number of hydrogen-bond acceptors (Lipinski definition) is 3. The largest absolute Gasteiger partial charge is 0.573 e. The Hall–Kier alpha value is -1.53. The Kier molecular flexibility index (Phi) is 3.01. The number of halogens is 4. The lowest BCUT2D eigenvalue weighted by Gasteiger charge is -2.13. The van der Waals surface area contributed by atoms with E-state index in [4.69, 9.17) is 0 Å². The molecule has 0 aromatic carbocycles. The summed E-state index contributed by atoms with van der Waals surface area (Å²) in [6.45, 7) is 0.0762. The standard InChI is InChI=1S/C8H7F4NO2/c1-4-6(14)7(15-8(10,11)12)5(2-9)3-13-4/h3,14H,2H2,1H3. The molecule has 0 aliphatic heterocycles. The van der Waals surface area contributed by atoms with Gasteiger partial charge in [-0.25, -0.2) is 4.39 Å². The van der Waals surface area contributed by atoms with Crippen molar-refractivity contribution in [3.05, 3.63) is 17.5 Å². The summed E-state index contributed by atoms with van der Waals surface area (Å²) in [6, 6.07) is 0. The Labute approximate surface area is 82.3 Å². The van der Waals surface area contributed by atoms with E-state index in [2.05, 4.69) is 9.72 Å². The van der Waals surface area contributed by atoms with Gasteiger partial charge >= 0.3 is 6.36 Å². The highest BCUT2D eigenvalue weighted by atomic mass is 19.4. The van der Waals surface area contributed by atoms with E-state index in [0.717, 1.165) is 6.20 Å². The number of ether oxygens (including phenoxy) is 1.